The molecule has 5 nitrogen and oxygen atoms in total. The maximum atomic E-state index is 5.79. The summed E-state index contributed by atoms with van der Waals surface area (Å²) >= 11 is 0. The number of rotatable bonds is 5. The average molecular weight is 334 g/mol. The zero-order chi connectivity index (χ0) is 16.9. The van der Waals surface area contributed by atoms with Gasteiger partial charge in [0.15, 0.2) is 0 Å². The number of hydrogen-bond donors (Lipinski definition) is 2. The molecule has 3 aromatic rings. The summed E-state index contributed by atoms with van der Waals surface area (Å²) in [6.45, 7) is 3.30. The molecule has 1 aliphatic rings. The molecular weight excluding hydrogens is 312 g/mol. The van der Waals surface area contributed by atoms with Crippen molar-refractivity contribution < 1.29 is 4.74 Å². The van der Waals surface area contributed by atoms with Gasteiger partial charge in [0, 0.05) is 25.0 Å². The highest BCUT2D eigenvalue weighted by Crippen LogP contribution is 2.21. The molecule has 2 heterocycles. The third kappa shape index (κ3) is 3.73. The summed E-state index contributed by atoms with van der Waals surface area (Å²) in [5, 5.41) is 11.3. The number of ether oxygens (including phenoxy) is 1. The Morgan fingerprint density at radius 3 is 2.68 bits per heavy atom. The fourth-order valence-electron chi connectivity index (χ4n) is 3.05. The number of para-hydroxylation sites is 1. The van der Waals surface area contributed by atoms with Gasteiger partial charge >= 0.3 is 0 Å². The molecule has 0 spiro atoms. The lowest BCUT2D eigenvalue weighted by atomic mass is 10.1. The Kier molecular flexibility index (Phi) is 4.77. The van der Waals surface area contributed by atoms with Crippen molar-refractivity contribution in [3.63, 3.8) is 0 Å². The molecule has 1 aliphatic heterocycles. The van der Waals surface area contributed by atoms with Crippen molar-refractivity contribution in [3.8, 4) is 5.69 Å². The monoisotopic (exact) mass is 334 g/mol. The van der Waals surface area contributed by atoms with Gasteiger partial charge in [0.05, 0.1) is 30.6 Å². The Labute approximate surface area is 147 Å². The van der Waals surface area contributed by atoms with Gasteiger partial charge in [-0.25, -0.2) is 4.68 Å². The zero-order valence-corrected chi connectivity index (χ0v) is 14.1. The van der Waals surface area contributed by atoms with Crippen molar-refractivity contribution in [2.24, 2.45) is 0 Å². The molecule has 0 aliphatic carbocycles. The van der Waals surface area contributed by atoms with E-state index in [1.165, 1.54) is 5.56 Å². The van der Waals surface area contributed by atoms with Gasteiger partial charge in [0.1, 0.15) is 0 Å². The van der Waals surface area contributed by atoms with Crippen LogP contribution in [0.15, 0.2) is 66.9 Å². The van der Waals surface area contributed by atoms with Gasteiger partial charge in [-0.1, -0.05) is 30.3 Å². The average Bonchev–Trinajstić information content (AvgIpc) is 3.17. The summed E-state index contributed by atoms with van der Waals surface area (Å²) in [6.07, 6.45) is 1.99. The molecule has 0 saturated carbocycles. The number of nitrogens with zero attached hydrogens (tertiary/aromatic N) is 2. The van der Waals surface area contributed by atoms with Gasteiger partial charge in [-0.15, -0.1) is 0 Å². The summed E-state index contributed by atoms with van der Waals surface area (Å²) in [5.74, 6) is 0. The van der Waals surface area contributed by atoms with Crippen molar-refractivity contribution in [1.82, 2.24) is 15.1 Å². The molecule has 1 atom stereocenters. The van der Waals surface area contributed by atoms with Crippen LogP contribution in [-0.2, 0) is 11.3 Å². The Hall–Kier alpha value is -2.63. The van der Waals surface area contributed by atoms with Crippen molar-refractivity contribution in [2.75, 3.05) is 25.0 Å². The van der Waals surface area contributed by atoms with Gasteiger partial charge in [0.2, 0.25) is 0 Å². The first-order valence-electron chi connectivity index (χ1n) is 8.64. The van der Waals surface area contributed by atoms with Crippen LogP contribution in [0.3, 0.4) is 0 Å². The Morgan fingerprint density at radius 1 is 1.08 bits per heavy atom. The molecule has 2 N–H and O–H groups in total. The molecule has 5 heteroatoms. The Bertz CT molecular complexity index is 792. The minimum Gasteiger partial charge on any atom is -0.379 e. The van der Waals surface area contributed by atoms with Crippen LogP contribution in [0, 0.1) is 0 Å². The standard InChI is InChI=1S/C20H22N4O/c1-2-4-18(5-3-1)24-19(10-11-23-24)14-22-17-8-6-16(7-9-17)20-15-21-12-13-25-20/h1-11,20-22H,12-15H2. The van der Waals surface area contributed by atoms with Gasteiger partial charge in [-0.3, -0.25) is 0 Å². The molecule has 1 unspecified atom stereocenters. The number of benzene rings is 2. The second-order valence-corrected chi connectivity index (χ2v) is 6.11. The lowest BCUT2D eigenvalue weighted by molar-refractivity contribution is 0.0277. The van der Waals surface area contributed by atoms with Gasteiger partial charge < -0.3 is 15.4 Å². The maximum Gasteiger partial charge on any atom is 0.0949 e. The van der Waals surface area contributed by atoms with E-state index in [-0.39, 0.29) is 6.10 Å². The van der Waals surface area contributed by atoms with E-state index in [2.05, 4.69) is 52.1 Å². The van der Waals surface area contributed by atoms with Crippen LogP contribution in [-0.4, -0.2) is 29.5 Å². The topological polar surface area (TPSA) is 51.1 Å². The van der Waals surface area contributed by atoms with Crippen LogP contribution < -0.4 is 10.6 Å². The molecule has 2 aromatic carbocycles. The maximum absolute atomic E-state index is 5.79. The van der Waals surface area contributed by atoms with Gasteiger partial charge in [-0.2, -0.15) is 5.10 Å². The Morgan fingerprint density at radius 2 is 1.92 bits per heavy atom. The zero-order valence-electron chi connectivity index (χ0n) is 14.1. The fraction of sp³-hybridized carbons (Fsp3) is 0.250. The van der Waals surface area contributed by atoms with E-state index in [0.717, 1.165) is 43.3 Å². The predicted octanol–water partition coefficient (Wildman–Crippen LogP) is 3.15. The smallest absolute Gasteiger partial charge is 0.0949 e. The van der Waals surface area contributed by atoms with Gasteiger partial charge in [-0.05, 0) is 35.9 Å². The van der Waals surface area contributed by atoms with Crippen molar-refractivity contribution in [2.45, 2.75) is 12.6 Å². The highest BCUT2D eigenvalue weighted by atomic mass is 16.5. The molecular formula is C20H22N4O. The third-order valence-corrected chi connectivity index (χ3v) is 4.41. The fourth-order valence-corrected chi connectivity index (χ4v) is 3.05. The predicted molar refractivity (Wildman–Crippen MR) is 98.9 cm³/mol. The lowest BCUT2D eigenvalue weighted by Gasteiger charge is -2.24. The first kappa shape index (κ1) is 15.9. The number of anilines is 1. The molecule has 1 saturated heterocycles. The minimum atomic E-state index is 0.155. The molecule has 1 aromatic heterocycles. The largest absolute Gasteiger partial charge is 0.379 e. The highest BCUT2D eigenvalue weighted by Gasteiger charge is 2.15. The summed E-state index contributed by atoms with van der Waals surface area (Å²) in [4.78, 5) is 0. The molecule has 0 bridgehead atoms. The van der Waals surface area contributed by atoms with Crippen molar-refractivity contribution in [3.05, 3.63) is 78.1 Å². The van der Waals surface area contributed by atoms with Crippen LogP contribution >= 0.6 is 0 Å². The summed E-state index contributed by atoms with van der Waals surface area (Å²) in [5.41, 5.74) is 4.50. The lowest BCUT2D eigenvalue weighted by Crippen LogP contribution is -2.33. The van der Waals surface area contributed by atoms with E-state index in [1.807, 2.05) is 35.1 Å². The van der Waals surface area contributed by atoms with Crippen molar-refractivity contribution in [1.29, 1.82) is 0 Å². The third-order valence-electron chi connectivity index (χ3n) is 4.41. The van der Waals surface area contributed by atoms with E-state index in [9.17, 15) is 0 Å². The molecule has 0 radical (unpaired) electrons. The van der Waals surface area contributed by atoms with E-state index < -0.39 is 0 Å². The Balaban J connectivity index is 1.41. The minimum absolute atomic E-state index is 0.155. The van der Waals surface area contributed by atoms with E-state index in [1.54, 1.807) is 0 Å². The summed E-state index contributed by atoms with van der Waals surface area (Å²) in [6, 6.07) is 20.7. The highest BCUT2D eigenvalue weighted by molar-refractivity contribution is 5.45. The second-order valence-electron chi connectivity index (χ2n) is 6.11. The van der Waals surface area contributed by atoms with Gasteiger partial charge in [0.25, 0.3) is 0 Å². The number of aromatic nitrogens is 2. The first-order valence-corrected chi connectivity index (χ1v) is 8.64. The molecule has 128 valence electrons. The first-order chi connectivity index (χ1) is 12.4. The normalized spacial score (nSPS) is 17.4. The van der Waals surface area contributed by atoms with Crippen molar-refractivity contribution >= 4 is 5.69 Å². The van der Waals surface area contributed by atoms with Crippen LogP contribution in [0.4, 0.5) is 5.69 Å². The molecule has 0 amide bonds. The molecule has 4 rings (SSSR count). The number of nitrogens with one attached hydrogen (secondary N) is 2. The van der Waals surface area contributed by atoms with Crippen LogP contribution in [0.5, 0.6) is 0 Å². The molecule has 1 fully saturated rings. The second kappa shape index (κ2) is 7.51. The SMILES string of the molecule is c1ccc(-n2nccc2CNc2ccc(C3CNCCO3)cc2)cc1. The van der Waals surface area contributed by atoms with E-state index in [4.69, 9.17) is 4.74 Å². The van der Waals surface area contributed by atoms with Crippen LogP contribution in [0.2, 0.25) is 0 Å². The molecule has 25 heavy (non-hydrogen) atoms. The summed E-state index contributed by atoms with van der Waals surface area (Å²) in [7, 11) is 0. The van der Waals surface area contributed by atoms with Crippen LogP contribution in [0.25, 0.3) is 5.69 Å². The van der Waals surface area contributed by atoms with Crippen LogP contribution in [0.1, 0.15) is 17.4 Å². The number of hydrogen-bond acceptors (Lipinski definition) is 4. The number of morpholine rings is 1. The van der Waals surface area contributed by atoms with E-state index in [0.29, 0.717) is 0 Å². The quantitative estimate of drug-likeness (QED) is 0.753. The van der Waals surface area contributed by atoms with E-state index >= 15 is 0 Å². The summed E-state index contributed by atoms with van der Waals surface area (Å²) < 4.78 is 7.75.